The Balaban J connectivity index is 1.82. The number of aromatic nitrogens is 3. The van der Waals surface area contributed by atoms with Gasteiger partial charge in [-0.25, -0.2) is 9.78 Å². The van der Waals surface area contributed by atoms with Crippen molar-refractivity contribution >= 4 is 28.3 Å². The molecule has 0 atom stereocenters. The summed E-state index contributed by atoms with van der Waals surface area (Å²) in [5.41, 5.74) is 3.44. The zero-order valence-corrected chi connectivity index (χ0v) is 14.7. The number of pyridine rings is 1. The molecule has 0 spiro atoms. The van der Waals surface area contributed by atoms with E-state index in [-0.39, 0.29) is 5.91 Å². The lowest BCUT2D eigenvalue weighted by Gasteiger charge is -2.02. The van der Waals surface area contributed by atoms with Gasteiger partial charge in [0.15, 0.2) is 5.13 Å². The van der Waals surface area contributed by atoms with Gasteiger partial charge in [-0.1, -0.05) is 0 Å². The molecule has 3 aromatic rings. The number of H-pyrrole nitrogens is 1. The molecule has 7 nitrogen and oxygen atoms in total. The Hall–Kier alpha value is -3.00. The number of amides is 1. The van der Waals surface area contributed by atoms with E-state index in [1.807, 2.05) is 17.5 Å². The van der Waals surface area contributed by atoms with E-state index in [0.717, 1.165) is 11.3 Å². The number of nitrogens with one attached hydrogen (secondary N) is 2. The molecule has 0 aliphatic rings. The number of carbonyl (C=O) groups excluding carboxylic acids is 2. The van der Waals surface area contributed by atoms with Crippen LogP contribution in [0.25, 0.3) is 11.3 Å². The number of hydrogen-bond donors (Lipinski definition) is 2. The fourth-order valence-corrected chi connectivity index (χ4v) is 3.24. The number of anilines is 1. The van der Waals surface area contributed by atoms with Crippen LogP contribution in [0, 0.1) is 13.8 Å². The Morgan fingerprint density at radius 1 is 1.32 bits per heavy atom. The molecule has 0 aliphatic carbocycles. The maximum atomic E-state index is 12.5. The third kappa shape index (κ3) is 3.29. The second-order valence-electron chi connectivity index (χ2n) is 5.35. The van der Waals surface area contributed by atoms with Crippen LogP contribution < -0.4 is 5.32 Å². The fourth-order valence-electron chi connectivity index (χ4n) is 2.52. The first-order valence-corrected chi connectivity index (χ1v) is 8.34. The number of rotatable bonds is 4. The molecule has 25 heavy (non-hydrogen) atoms. The summed E-state index contributed by atoms with van der Waals surface area (Å²) in [6.07, 6.45) is 3.40. The Morgan fingerprint density at radius 2 is 2.12 bits per heavy atom. The number of methoxy groups -OCH3 is 1. The van der Waals surface area contributed by atoms with Crippen LogP contribution in [0.1, 0.15) is 32.1 Å². The van der Waals surface area contributed by atoms with Crippen molar-refractivity contribution in [3.05, 3.63) is 52.4 Å². The van der Waals surface area contributed by atoms with Crippen molar-refractivity contribution in [2.24, 2.45) is 0 Å². The van der Waals surface area contributed by atoms with Crippen molar-refractivity contribution < 1.29 is 14.3 Å². The summed E-state index contributed by atoms with van der Waals surface area (Å²) in [7, 11) is 1.31. The van der Waals surface area contributed by atoms with Crippen LogP contribution in [0.4, 0.5) is 5.13 Å². The summed E-state index contributed by atoms with van der Waals surface area (Å²) in [6, 6.07) is 3.72. The van der Waals surface area contributed by atoms with E-state index >= 15 is 0 Å². The molecule has 8 heteroatoms. The first kappa shape index (κ1) is 16.8. The first-order valence-electron chi connectivity index (χ1n) is 7.46. The van der Waals surface area contributed by atoms with Crippen LogP contribution in [-0.4, -0.2) is 33.9 Å². The quantitative estimate of drug-likeness (QED) is 0.700. The standard InChI is InChI=1S/C17H16N4O3S/c1-9-13(16(23)24-3)10(2)19-14(9)15(22)21-17-20-12(8-25-17)11-5-4-6-18-7-11/h4-8,19H,1-3H3,(H,20,21,22). The Morgan fingerprint density at radius 3 is 2.80 bits per heavy atom. The van der Waals surface area contributed by atoms with Crippen LogP contribution in [0.5, 0.6) is 0 Å². The predicted molar refractivity (Wildman–Crippen MR) is 94.9 cm³/mol. The summed E-state index contributed by atoms with van der Waals surface area (Å²) >= 11 is 1.32. The summed E-state index contributed by atoms with van der Waals surface area (Å²) in [4.78, 5) is 35.7. The minimum absolute atomic E-state index is 0.316. The van der Waals surface area contributed by atoms with Gasteiger partial charge in [-0.15, -0.1) is 11.3 Å². The molecule has 3 rings (SSSR count). The van der Waals surface area contributed by atoms with Crippen LogP contribution >= 0.6 is 11.3 Å². The topological polar surface area (TPSA) is 97.0 Å². The molecule has 3 heterocycles. The van der Waals surface area contributed by atoms with Gasteiger partial charge in [-0.3, -0.25) is 15.1 Å². The number of carbonyl (C=O) groups is 2. The van der Waals surface area contributed by atoms with Crippen molar-refractivity contribution in [3.63, 3.8) is 0 Å². The van der Waals surface area contributed by atoms with Crippen LogP contribution in [0.3, 0.4) is 0 Å². The van der Waals surface area contributed by atoms with Crippen LogP contribution in [0.2, 0.25) is 0 Å². The normalized spacial score (nSPS) is 10.5. The van der Waals surface area contributed by atoms with Gasteiger partial charge in [0.25, 0.3) is 5.91 Å². The van der Waals surface area contributed by atoms with Crippen molar-refractivity contribution in [2.75, 3.05) is 12.4 Å². The molecule has 1 amide bonds. The van der Waals surface area contributed by atoms with Gasteiger partial charge in [-0.05, 0) is 31.5 Å². The number of thiazole rings is 1. The maximum absolute atomic E-state index is 12.5. The average molecular weight is 356 g/mol. The van der Waals surface area contributed by atoms with Gasteiger partial charge < -0.3 is 9.72 Å². The number of aromatic amines is 1. The number of ether oxygens (including phenoxy) is 1. The Bertz CT molecular complexity index is 931. The lowest BCUT2D eigenvalue weighted by atomic mass is 10.1. The highest BCUT2D eigenvalue weighted by atomic mass is 32.1. The smallest absolute Gasteiger partial charge is 0.339 e. The Kier molecular flexibility index (Phi) is 4.62. The zero-order chi connectivity index (χ0) is 18.0. The lowest BCUT2D eigenvalue weighted by Crippen LogP contribution is -2.14. The third-order valence-electron chi connectivity index (χ3n) is 3.74. The van der Waals surface area contributed by atoms with Gasteiger partial charge in [0.1, 0.15) is 5.69 Å². The number of aryl methyl sites for hydroxylation is 1. The van der Waals surface area contributed by atoms with Gasteiger partial charge >= 0.3 is 5.97 Å². The van der Waals surface area contributed by atoms with Gasteiger partial charge in [0.05, 0.1) is 18.4 Å². The minimum Gasteiger partial charge on any atom is -0.465 e. The molecule has 0 bridgehead atoms. The molecule has 0 fully saturated rings. The van der Waals surface area contributed by atoms with Gasteiger partial charge in [0, 0.05) is 29.0 Å². The number of esters is 1. The lowest BCUT2D eigenvalue weighted by molar-refractivity contribution is 0.0599. The highest BCUT2D eigenvalue weighted by molar-refractivity contribution is 7.14. The summed E-state index contributed by atoms with van der Waals surface area (Å²) in [6.45, 7) is 3.42. The molecule has 0 saturated heterocycles. The highest BCUT2D eigenvalue weighted by Gasteiger charge is 2.23. The average Bonchev–Trinajstić information content (AvgIpc) is 3.19. The third-order valence-corrected chi connectivity index (χ3v) is 4.49. The van der Waals surface area contributed by atoms with Gasteiger partial charge in [-0.2, -0.15) is 0 Å². The van der Waals surface area contributed by atoms with Crippen molar-refractivity contribution in [2.45, 2.75) is 13.8 Å². The van der Waals surface area contributed by atoms with E-state index in [0.29, 0.717) is 27.6 Å². The van der Waals surface area contributed by atoms with Gasteiger partial charge in [0.2, 0.25) is 0 Å². The van der Waals surface area contributed by atoms with Crippen LogP contribution in [0.15, 0.2) is 29.9 Å². The minimum atomic E-state index is -0.474. The van der Waals surface area contributed by atoms with Crippen LogP contribution in [-0.2, 0) is 4.74 Å². The van der Waals surface area contributed by atoms with E-state index in [4.69, 9.17) is 4.74 Å². The molecule has 3 aromatic heterocycles. The van der Waals surface area contributed by atoms with E-state index in [1.165, 1.54) is 18.4 Å². The maximum Gasteiger partial charge on any atom is 0.339 e. The highest BCUT2D eigenvalue weighted by Crippen LogP contribution is 2.25. The van der Waals surface area contributed by atoms with E-state index < -0.39 is 5.97 Å². The second-order valence-corrected chi connectivity index (χ2v) is 6.21. The number of nitrogens with zero attached hydrogens (tertiary/aromatic N) is 2. The Labute approximate surface area is 148 Å². The zero-order valence-electron chi connectivity index (χ0n) is 13.9. The summed E-state index contributed by atoms with van der Waals surface area (Å²) in [5, 5.41) is 5.07. The molecular weight excluding hydrogens is 340 g/mol. The molecule has 2 N–H and O–H groups in total. The molecule has 0 aliphatic heterocycles. The molecule has 0 radical (unpaired) electrons. The van der Waals surface area contributed by atoms with Crippen molar-refractivity contribution in [1.82, 2.24) is 15.0 Å². The van der Waals surface area contributed by atoms with Crippen molar-refractivity contribution in [3.8, 4) is 11.3 Å². The first-order chi connectivity index (χ1) is 12.0. The number of hydrogen-bond acceptors (Lipinski definition) is 6. The molecule has 0 unspecified atom stereocenters. The summed E-state index contributed by atoms with van der Waals surface area (Å²) < 4.78 is 4.75. The molecular formula is C17H16N4O3S. The monoisotopic (exact) mass is 356 g/mol. The van der Waals surface area contributed by atoms with E-state index in [2.05, 4.69) is 20.3 Å². The molecule has 0 saturated carbocycles. The van der Waals surface area contributed by atoms with E-state index in [1.54, 1.807) is 26.2 Å². The molecule has 128 valence electrons. The largest absolute Gasteiger partial charge is 0.465 e. The predicted octanol–water partition coefficient (Wildman–Crippen LogP) is 3.19. The molecule has 0 aromatic carbocycles. The van der Waals surface area contributed by atoms with E-state index in [9.17, 15) is 9.59 Å². The fraction of sp³-hybridized carbons (Fsp3) is 0.176. The second kappa shape index (κ2) is 6.86. The SMILES string of the molecule is COC(=O)c1c(C)[nH]c(C(=O)Nc2nc(-c3cccnc3)cs2)c1C. The summed E-state index contributed by atoms with van der Waals surface area (Å²) in [5.74, 6) is -0.832. The van der Waals surface area contributed by atoms with Crippen molar-refractivity contribution in [1.29, 1.82) is 0 Å².